The van der Waals surface area contributed by atoms with E-state index in [0.717, 1.165) is 42.3 Å². The summed E-state index contributed by atoms with van der Waals surface area (Å²) in [5.41, 5.74) is 0.969. The van der Waals surface area contributed by atoms with E-state index in [1.165, 1.54) is 6.07 Å². The maximum Gasteiger partial charge on any atom is 0.179 e. The van der Waals surface area contributed by atoms with E-state index in [-0.39, 0.29) is 23.5 Å². The molecule has 0 aliphatic carbocycles. The molecule has 1 atom stereocenters. The van der Waals surface area contributed by atoms with Gasteiger partial charge in [-0.15, -0.1) is 0 Å². The molecular weight excluding hydrogens is 317 g/mol. The molecule has 1 saturated heterocycles. The highest BCUT2D eigenvalue weighted by molar-refractivity contribution is 5.95. The highest BCUT2D eigenvalue weighted by Gasteiger charge is 2.26. The molecule has 4 heteroatoms. The van der Waals surface area contributed by atoms with Crippen LogP contribution in [0.5, 0.6) is 11.5 Å². The molecule has 1 aliphatic heterocycles. The van der Waals surface area contributed by atoms with Crippen LogP contribution in [0.4, 0.5) is 10.1 Å². The second kappa shape index (κ2) is 6.63. The van der Waals surface area contributed by atoms with Gasteiger partial charge in [0.25, 0.3) is 0 Å². The van der Waals surface area contributed by atoms with Gasteiger partial charge in [0.2, 0.25) is 0 Å². The lowest BCUT2D eigenvalue weighted by atomic mass is 10.0. The average molecular weight is 336 g/mol. The first-order chi connectivity index (χ1) is 12.2. The molecular formula is C21H19FNO2. The van der Waals surface area contributed by atoms with Crippen LogP contribution in [0.25, 0.3) is 10.8 Å². The Balaban J connectivity index is 1.72. The van der Waals surface area contributed by atoms with Gasteiger partial charge in [-0.05, 0) is 48.6 Å². The van der Waals surface area contributed by atoms with Gasteiger partial charge in [-0.25, -0.2) is 4.39 Å². The number of benzene rings is 3. The smallest absolute Gasteiger partial charge is 0.179 e. The molecule has 1 unspecified atom stereocenters. The highest BCUT2D eigenvalue weighted by atomic mass is 19.1. The summed E-state index contributed by atoms with van der Waals surface area (Å²) in [6.07, 6.45) is 2.66. The Labute approximate surface area is 146 Å². The van der Waals surface area contributed by atoms with Gasteiger partial charge >= 0.3 is 0 Å². The minimum atomic E-state index is -0.354. The normalized spacial score (nSPS) is 17.6. The number of piperidine rings is 1. The largest absolute Gasteiger partial charge is 0.467 e. The van der Waals surface area contributed by atoms with Gasteiger partial charge in [-0.1, -0.05) is 30.3 Å². The number of halogens is 1. The quantitative estimate of drug-likeness (QED) is 0.631. The van der Waals surface area contributed by atoms with Crippen molar-refractivity contribution in [3.05, 3.63) is 66.5 Å². The molecule has 0 bridgehead atoms. The lowest BCUT2D eigenvalue weighted by Crippen LogP contribution is -2.43. The molecule has 0 N–H and O–H groups in total. The molecule has 0 saturated carbocycles. The summed E-state index contributed by atoms with van der Waals surface area (Å²) < 4.78 is 20.0. The van der Waals surface area contributed by atoms with Crippen molar-refractivity contribution in [3.8, 4) is 11.5 Å². The number of para-hydroxylation sites is 1. The summed E-state index contributed by atoms with van der Waals surface area (Å²) in [6, 6.07) is 17.6. The monoisotopic (exact) mass is 336 g/mol. The van der Waals surface area contributed by atoms with Crippen LogP contribution in [0.1, 0.15) is 19.3 Å². The van der Waals surface area contributed by atoms with E-state index in [2.05, 4.69) is 4.90 Å². The molecule has 4 rings (SSSR count). The Morgan fingerprint density at radius 2 is 1.88 bits per heavy atom. The number of hydrogen-bond acceptors (Lipinski definition) is 2. The van der Waals surface area contributed by atoms with Crippen molar-refractivity contribution >= 4 is 16.5 Å². The maximum absolute atomic E-state index is 14.0. The standard InChI is InChI=1S/C21H19FNO2/c22-18-7-1-2-9-20(18)25-21-10-3-4-13-23(21)19-8-5-6-15-11-12-16(24)14-17(15)19/h1-2,5-9,11-12,14,21H,3-4,10,13H2. The van der Waals surface area contributed by atoms with Crippen LogP contribution in [0.2, 0.25) is 0 Å². The Kier molecular flexibility index (Phi) is 4.18. The molecule has 1 aliphatic rings. The third-order valence-corrected chi connectivity index (χ3v) is 4.69. The van der Waals surface area contributed by atoms with E-state index < -0.39 is 0 Å². The lowest BCUT2D eigenvalue weighted by molar-refractivity contribution is 0.158. The van der Waals surface area contributed by atoms with E-state index in [0.29, 0.717) is 0 Å². The second-order valence-corrected chi connectivity index (χ2v) is 6.35. The van der Waals surface area contributed by atoms with Gasteiger partial charge in [0.05, 0.1) is 0 Å². The zero-order valence-electron chi connectivity index (χ0n) is 13.8. The maximum atomic E-state index is 14.0. The lowest BCUT2D eigenvalue weighted by Gasteiger charge is -2.38. The van der Waals surface area contributed by atoms with Gasteiger partial charge in [0, 0.05) is 24.0 Å². The van der Waals surface area contributed by atoms with E-state index in [1.807, 2.05) is 24.3 Å². The van der Waals surface area contributed by atoms with Gasteiger partial charge in [-0.3, -0.25) is 5.11 Å². The van der Waals surface area contributed by atoms with Crippen molar-refractivity contribution in [3.63, 3.8) is 0 Å². The van der Waals surface area contributed by atoms with Gasteiger partial charge in [0.1, 0.15) is 0 Å². The third-order valence-electron chi connectivity index (χ3n) is 4.69. The molecule has 1 fully saturated rings. The highest BCUT2D eigenvalue weighted by Crippen LogP contribution is 2.34. The van der Waals surface area contributed by atoms with Crippen LogP contribution in [-0.4, -0.2) is 12.8 Å². The number of anilines is 1. The fourth-order valence-electron chi connectivity index (χ4n) is 3.47. The molecule has 25 heavy (non-hydrogen) atoms. The van der Waals surface area contributed by atoms with Gasteiger partial charge in [0.15, 0.2) is 23.5 Å². The Hall–Kier alpha value is -2.75. The molecule has 0 spiro atoms. The zero-order valence-corrected chi connectivity index (χ0v) is 13.8. The van der Waals surface area contributed by atoms with Crippen molar-refractivity contribution in [1.82, 2.24) is 0 Å². The SMILES string of the molecule is [O]c1ccc2cccc(N3CCCCC3Oc3ccccc3F)c2c1. The first-order valence-corrected chi connectivity index (χ1v) is 8.60. The Bertz CT molecular complexity index is 896. The van der Waals surface area contributed by atoms with E-state index in [1.54, 1.807) is 30.3 Å². The summed E-state index contributed by atoms with van der Waals surface area (Å²) in [5.74, 6) is -0.0968. The van der Waals surface area contributed by atoms with E-state index >= 15 is 0 Å². The number of rotatable bonds is 3. The minimum absolute atomic E-state index is 0.0106. The van der Waals surface area contributed by atoms with Crippen LogP contribution in [-0.2, 0) is 5.11 Å². The van der Waals surface area contributed by atoms with Crippen LogP contribution < -0.4 is 9.64 Å². The van der Waals surface area contributed by atoms with Crippen molar-refractivity contribution in [2.24, 2.45) is 0 Å². The van der Waals surface area contributed by atoms with Crippen LogP contribution in [0.15, 0.2) is 60.7 Å². The number of fused-ring (bicyclic) bond motifs is 1. The zero-order chi connectivity index (χ0) is 17.2. The number of nitrogens with zero attached hydrogens (tertiary/aromatic N) is 1. The molecule has 3 aromatic carbocycles. The van der Waals surface area contributed by atoms with E-state index in [4.69, 9.17) is 4.74 Å². The summed E-state index contributed by atoms with van der Waals surface area (Å²) in [5, 5.41) is 13.8. The summed E-state index contributed by atoms with van der Waals surface area (Å²) in [4.78, 5) is 2.15. The molecule has 1 radical (unpaired) electrons. The molecule has 1 heterocycles. The van der Waals surface area contributed by atoms with Crippen molar-refractivity contribution in [2.45, 2.75) is 25.5 Å². The van der Waals surface area contributed by atoms with Crippen molar-refractivity contribution in [1.29, 1.82) is 0 Å². The van der Waals surface area contributed by atoms with Crippen LogP contribution in [0.3, 0.4) is 0 Å². The van der Waals surface area contributed by atoms with E-state index in [9.17, 15) is 9.50 Å². The third kappa shape index (κ3) is 3.12. The molecule has 3 nitrogen and oxygen atoms in total. The fourth-order valence-corrected chi connectivity index (χ4v) is 3.47. The average Bonchev–Trinajstić information content (AvgIpc) is 2.64. The van der Waals surface area contributed by atoms with Crippen molar-refractivity contribution < 1.29 is 14.2 Å². The Morgan fingerprint density at radius 1 is 1.00 bits per heavy atom. The van der Waals surface area contributed by atoms with Gasteiger partial charge < -0.3 is 9.64 Å². The predicted molar refractivity (Wildman–Crippen MR) is 96.1 cm³/mol. The first kappa shape index (κ1) is 15.8. The molecule has 0 aromatic heterocycles. The summed E-state index contributed by atoms with van der Waals surface area (Å²) >= 11 is 0. The number of ether oxygens (including phenoxy) is 1. The molecule has 127 valence electrons. The number of hydrogen-bond donors (Lipinski definition) is 0. The summed E-state index contributed by atoms with van der Waals surface area (Å²) in [7, 11) is 0. The minimum Gasteiger partial charge on any atom is -0.467 e. The molecule has 3 aromatic rings. The molecule has 0 amide bonds. The van der Waals surface area contributed by atoms with Crippen LogP contribution in [0, 0.1) is 5.82 Å². The Morgan fingerprint density at radius 3 is 2.76 bits per heavy atom. The first-order valence-electron chi connectivity index (χ1n) is 8.60. The summed E-state index contributed by atoms with van der Waals surface area (Å²) in [6.45, 7) is 0.821. The van der Waals surface area contributed by atoms with Crippen LogP contribution >= 0.6 is 0 Å². The topological polar surface area (TPSA) is 32.4 Å². The fraction of sp³-hybridized carbons (Fsp3) is 0.238. The van der Waals surface area contributed by atoms with Gasteiger partial charge in [-0.2, -0.15) is 0 Å². The van der Waals surface area contributed by atoms with Crippen molar-refractivity contribution in [2.75, 3.05) is 11.4 Å². The predicted octanol–water partition coefficient (Wildman–Crippen LogP) is 5.52. The second-order valence-electron chi connectivity index (χ2n) is 6.35.